The zero-order valence-electron chi connectivity index (χ0n) is 8.64. The average Bonchev–Trinajstić information content (AvgIpc) is 2.26. The quantitative estimate of drug-likeness (QED) is 0.696. The van der Waals surface area contributed by atoms with Crippen molar-refractivity contribution in [3.8, 4) is 5.88 Å². The third-order valence-electron chi connectivity index (χ3n) is 2.18. The zero-order valence-corrected chi connectivity index (χ0v) is 8.64. The van der Waals surface area contributed by atoms with Crippen LogP contribution in [0, 0.1) is 5.92 Å². The SMILES string of the molecule is COc1ccc(CC(CN)C(N)=O)cn1. The number of pyridine rings is 1. The summed E-state index contributed by atoms with van der Waals surface area (Å²) < 4.78 is 4.92. The van der Waals surface area contributed by atoms with Crippen LogP contribution in [0.1, 0.15) is 5.56 Å². The van der Waals surface area contributed by atoms with Crippen molar-refractivity contribution in [2.75, 3.05) is 13.7 Å². The molecule has 82 valence electrons. The molecule has 0 aliphatic carbocycles. The van der Waals surface area contributed by atoms with Crippen molar-refractivity contribution in [3.05, 3.63) is 23.9 Å². The monoisotopic (exact) mass is 209 g/mol. The van der Waals surface area contributed by atoms with Crippen molar-refractivity contribution in [1.29, 1.82) is 0 Å². The lowest BCUT2D eigenvalue weighted by atomic mass is 10.0. The van der Waals surface area contributed by atoms with Crippen molar-refractivity contribution in [2.24, 2.45) is 17.4 Å². The zero-order chi connectivity index (χ0) is 11.3. The molecule has 1 unspecified atom stereocenters. The van der Waals surface area contributed by atoms with Gasteiger partial charge < -0.3 is 16.2 Å². The molecule has 1 rings (SSSR count). The third kappa shape index (κ3) is 3.21. The number of ether oxygens (including phenoxy) is 1. The molecule has 1 aromatic heterocycles. The fraction of sp³-hybridized carbons (Fsp3) is 0.400. The van der Waals surface area contributed by atoms with Gasteiger partial charge in [-0.05, 0) is 12.0 Å². The lowest BCUT2D eigenvalue weighted by molar-refractivity contribution is -0.121. The van der Waals surface area contributed by atoms with Crippen LogP contribution in [0.3, 0.4) is 0 Å². The van der Waals surface area contributed by atoms with Gasteiger partial charge in [-0.25, -0.2) is 4.98 Å². The molecule has 4 N–H and O–H groups in total. The Labute approximate surface area is 88.4 Å². The predicted octanol–water partition coefficient (Wildman–Crippen LogP) is -0.307. The molecule has 1 amide bonds. The summed E-state index contributed by atoms with van der Waals surface area (Å²) in [7, 11) is 1.55. The number of primary amides is 1. The van der Waals surface area contributed by atoms with E-state index in [1.165, 1.54) is 0 Å². The molecule has 1 heterocycles. The Bertz CT molecular complexity index is 324. The standard InChI is InChI=1S/C10H15N3O2/c1-15-9-3-2-7(6-13-9)4-8(5-11)10(12)14/h2-3,6,8H,4-5,11H2,1H3,(H2,12,14). The molecule has 15 heavy (non-hydrogen) atoms. The molecule has 0 saturated heterocycles. The van der Waals surface area contributed by atoms with E-state index in [1.807, 2.05) is 6.07 Å². The van der Waals surface area contributed by atoms with Crippen LogP contribution in [-0.4, -0.2) is 24.5 Å². The summed E-state index contributed by atoms with van der Waals surface area (Å²) in [6, 6.07) is 3.58. The largest absolute Gasteiger partial charge is 0.481 e. The van der Waals surface area contributed by atoms with Gasteiger partial charge in [0, 0.05) is 18.8 Å². The van der Waals surface area contributed by atoms with E-state index in [0.29, 0.717) is 12.3 Å². The van der Waals surface area contributed by atoms with Gasteiger partial charge >= 0.3 is 0 Å². The van der Waals surface area contributed by atoms with Crippen LogP contribution in [0.2, 0.25) is 0 Å². The van der Waals surface area contributed by atoms with Crippen molar-refractivity contribution >= 4 is 5.91 Å². The number of hydrogen-bond acceptors (Lipinski definition) is 4. The van der Waals surface area contributed by atoms with E-state index in [2.05, 4.69) is 4.98 Å². The molecular weight excluding hydrogens is 194 g/mol. The number of methoxy groups -OCH3 is 1. The number of hydrogen-bond donors (Lipinski definition) is 2. The molecule has 5 heteroatoms. The van der Waals surface area contributed by atoms with Crippen molar-refractivity contribution in [2.45, 2.75) is 6.42 Å². The number of nitrogens with two attached hydrogens (primary N) is 2. The number of carbonyl (C=O) groups excluding carboxylic acids is 1. The van der Waals surface area contributed by atoms with Gasteiger partial charge in [0.2, 0.25) is 11.8 Å². The fourth-order valence-corrected chi connectivity index (χ4v) is 1.24. The van der Waals surface area contributed by atoms with Crippen LogP contribution in [0.25, 0.3) is 0 Å². The second-order valence-corrected chi connectivity index (χ2v) is 3.25. The Morgan fingerprint density at radius 2 is 2.33 bits per heavy atom. The maximum atomic E-state index is 11.0. The lowest BCUT2D eigenvalue weighted by Gasteiger charge is -2.10. The molecular formula is C10H15N3O2. The number of nitrogens with zero attached hydrogens (tertiary/aromatic N) is 1. The van der Waals surface area contributed by atoms with Gasteiger partial charge in [-0.3, -0.25) is 4.79 Å². The van der Waals surface area contributed by atoms with E-state index < -0.39 is 0 Å². The minimum atomic E-state index is -0.381. The fourth-order valence-electron chi connectivity index (χ4n) is 1.24. The van der Waals surface area contributed by atoms with Crippen LogP contribution in [0.15, 0.2) is 18.3 Å². The first-order valence-corrected chi connectivity index (χ1v) is 4.65. The van der Waals surface area contributed by atoms with E-state index in [9.17, 15) is 4.79 Å². The summed E-state index contributed by atoms with van der Waals surface area (Å²) in [4.78, 5) is 15.0. The highest BCUT2D eigenvalue weighted by atomic mass is 16.5. The first-order chi connectivity index (χ1) is 7.17. The molecule has 0 aliphatic heterocycles. The highest BCUT2D eigenvalue weighted by Crippen LogP contribution is 2.10. The minimum Gasteiger partial charge on any atom is -0.481 e. The molecule has 0 fully saturated rings. The number of amides is 1. The second-order valence-electron chi connectivity index (χ2n) is 3.25. The number of rotatable bonds is 5. The van der Waals surface area contributed by atoms with Gasteiger partial charge in [0.1, 0.15) is 0 Å². The van der Waals surface area contributed by atoms with Gasteiger partial charge in [0.15, 0.2) is 0 Å². The molecule has 5 nitrogen and oxygen atoms in total. The molecule has 0 aromatic carbocycles. The molecule has 1 atom stereocenters. The Morgan fingerprint density at radius 3 is 2.73 bits per heavy atom. The summed E-state index contributed by atoms with van der Waals surface area (Å²) in [5.74, 6) is -0.171. The predicted molar refractivity (Wildman–Crippen MR) is 56.2 cm³/mol. The first-order valence-electron chi connectivity index (χ1n) is 4.65. The van der Waals surface area contributed by atoms with E-state index in [0.717, 1.165) is 5.56 Å². The normalized spacial score (nSPS) is 12.1. The van der Waals surface area contributed by atoms with E-state index >= 15 is 0 Å². The Kier molecular flexibility index (Phi) is 4.05. The van der Waals surface area contributed by atoms with Gasteiger partial charge in [-0.1, -0.05) is 6.07 Å². The van der Waals surface area contributed by atoms with Crippen molar-refractivity contribution in [3.63, 3.8) is 0 Å². The summed E-state index contributed by atoms with van der Waals surface area (Å²) in [5, 5.41) is 0. The summed E-state index contributed by atoms with van der Waals surface area (Å²) >= 11 is 0. The minimum absolute atomic E-state index is 0.251. The van der Waals surface area contributed by atoms with Crippen molar-refractivity contribution in [1.82, 2.24) is 4.98 Å². The smallest absolute Gasteiger partial charge is 0.222 e. The molecule has 0 spiro atoms. The first kappa shape index (κ1) is 11.5. The van der Waals surface area contributed by atoms with E-state index in [1.54, 1.807) is 19.4 Å². The van der Waals surface area contributed by atoms with E-state index in [-0.39, 0.29) is 18.4 Å². The molecule has 0 aliphatic rings. The van der Waals surface area contributed by atoms with Crippen LogP contribution in [0.4, 0.5) is 0 Å². The molecule has 0 saturated carbocycles. The third-order valence-corrected chi connectivity index (χ3v) is 2.18. The highest BCUT2D eigenvalue weighted by Gasteiger charge is 2.13. The second kappa shape index (κ2) is 5.31. The van der Waals surface area contributed by atoms with Crippen molar-refractivity contribution < 1.29 is 9.53 Å². The number of aromatic nitrogens is 1. The van der Waals surface area contributed by atoms with Gasteiger partial charge in [0.05, 0.1) is 13.0 Å². The maximum Gasteiger partial charge on any atom is 0.222 e. The van der Waals surface area contributed by atoms with E-state index in [4.69, 9.17) is 16.2 Å². The highest BCUT2D eigenvalue weighted by molar-refractivity contribution is 5.77. The summed E-state index contributed by atoms with van der Waals surface area (Å²) in [5.41, 5.74) is 11.5. The molecule has 0 radical (unpaired) electrons. The Morgan fingerprint density at radius 1 is 1.60 bits per heavy atom. The average molecular weight is 209 g/mol. The molecule has 0 bridgehead atoms. The van der Waals surface area contributed by atoms with Gasteiger partial charge in [-0.15, -0.1) is 0 Å². The maximum absolute atomic E-state index is 11.0. The van der Waals surface area contributed by atoms with Crippen LogP contribution < -0.4 is 16.2 Å². The van der Waals surface area contributed by atoms with Gasteiger partial charge in [0.25, 0.3) is 0 Å². The summed E-state index contributed by atoms with van der Waals surface area (Å²) in [6.45, 7) is 0.251. The van der Waals surface area contributed by atoms with Gasteiger partial charge in [-0.2, -0.15) is 0 Å². The lowest BCUT2D eigenvalue weighted by Crippen LogP contribution is -2.31. The number of carbonyl (C=O) groups is 1. The molecule has 1 aromatic rings. The van der Waals surface area contributed by atoms with Crippen LogP contribution >= 0.6 is 0 Å². The summed E-state index contributed by atoms with van der Waals surface area (Å²) in [6.07, 6.45) is 2.17. The topological polar surface area (TPSA) is 91.2 Å². The van der Waals surface area contributed by atoms with Crippen LogP contribution in [0.5, 0.6) is 5.88 Å². The Balaban J connectivity index is 2.67. The van der Waals surface area contributed by atoms with Crippen LogP contribution in [-0.2, 0) is 11.2 Å². The Hall–Kier alpha value is -1.62.